The first-order valence-corrected chi connectivity index (χ1v) is 3.01. The molecule has 0 amide bonds. The van der Waals surface area contributed by atoms with Gasteiger partial charge in [0.2, 0.25) is 0 Å². The Kier molecular flexibility index (Phi) is 3.19. The number of rotatable bonds is 1. The zero-order valence-corrected chi connectivity index (χ0v) is 5.47. The van der Waals surface area contributed by atoms with Crippen LogP contribution in [0.25, 0.3) is 0 Å². The van der Waals surface area contributed by atoms with Gasteiger partial charge in [0, 0.05) is 0 Å². The van der Waals surface area contributed by atoms with E-state index in [9.17, 15) is 0 Å². The Hall–Kier alpha value is 0.620. The van der Waals surface area contributed by atoms with E-state index in [2.05, 4.69) is 12.2 Å². The maximum Gasteiger partial charge on any atom is 0.104 e. The van der Waals surface area contributed by atoms with Crippen molar-refractivity contribution in [3.63, 3.8) is 0 Å². The molecule has 29 valence electrons. The van der Waals surface area contributed by atoms with Gasteiger partial charge in [-0.15, -0.1) is 0 Å². The number of hydrogen-bond donors (Lipinski definition) is 0. The van der Waals surface area contributed by atoms with Crippen molar-refractivity contribution in [2.45, 2.75) is 0 Å². The van der Waals surface area contributed by atoms with Crippen molar-refractivity contribution in [2.75, 3.05) is 4.43 Å². The van der Waals surface area contributed by atoms with Crippen LogP contribution in [0.5, 0.6) is 0 Å². The fourth-order valence-electron chi connectivity index (χ4n) is 0. The van der Waals surface area contributed by atoms with E-state index in [0.717, 1.165) is 0 Å². The van der Waals surface area contributed by atoms with E-state index in [-0.39, 0.29) is 0 Å². The van der Waals surface area contributed by atoms with E-state index in [4.69, 9.17) is 5.73 Å². The van der Waals surface area contributed by atoms with Crippen molar-refractivity contribution in [3.05, 3.63) is 0 Å². The number of nitrogens with one attached hydrogen (secondary N) is 1. The Morgan fingerprint density at radius 3 is 2.20 bits per heavy atom. The molecule has 0 saturated heterocycles. The highest BCUT2D eigenvalue weighted by atomic mass is 127. The van der Waals surface area contributed by atoms with Gasteiger partial charge in [-0.05, 0) is 0 Å². The standard InChI is InChI=1S/C2H3INS/c3-1-2(4)5/h4H,1H2. The topological polar surface area (TPSA) is 23.8 Å². The van der Waals surface area contributed by atoms with Crippen molar-refractivity contribution in [1.29, 1.82) is 0 Å². The lowest BCUT2D eigenvalue weighted by atomic mass is 10.8. The highest BCUT2D eigenvalue weighted by Crippen LogP contribution is 1.78. The minimum absolute atomic E-state index is 0.325. The zero-order chi connectivity index (χ0) is 4.28. The Morgan fingerprint density at radius 1 is 2.00 bits per heavy atom. The van der Waals surface area contributed by atoms with Gasteiger partial charge in [0.25, 0.3) is 0 Å². The van der Waals surface area contributed by atoms with E-state index in [1.807, 2.05) is 22.6 Å². The van der Waals surface area contributed by atoms with Gasteiger partial charge < -0.3 is 0 Å². The lowest BCUT2D eigenvalue weighted by Crippen LogP contribution is -1.91. The van der Waals surface area contributed by atoms with E-state index in [1.54, 1.807) is 0 Å². The van der Waals surface area contributed by atoms with E-state index in [0.29, 0.717) is 9.42 Å². The molecule has 0 aromatic carbocycles. The van der Waals surface area contributed by atoms with Crippen LogP contribution in [-0.4, -0.2) is 9.42 Å². The molecule has 0 aliphatic carbocycles. The molecule has 0 aromatic heterocycles. The highest BCUT2D eigenvalue weighted by Gasteiger charge is 1.75. The van der Waals surface area contributed by atoms with Gasteiger partial charge in [-0.25, -0.2) is 0 Å². The van der Waals surface area contributed by atoms with Crippen molar-refractivity contribution in [3.8, 4) is 0 Å². The molecule has 0 fully saturated rings. The molecule has 0 heterocycles. The summed E-state index contributed by atoms with van der Waals surface area (Å²) in [5.41, 5.74) is 6.55. The molecule has 0 rings (SSSR count). The maximum absolute atomic E-state index is 6.55. The number of hydrogen-bond acceptors (Lipinski definition) is 1. The zero-order valence-electron chi connectivity index (χ0n) is 2.49. The molecule has 0 unspecified atom stereocenters. The number of halogens is 1. The van der Waals surface area contributed by atoms with Crippen LogP contribution in [0.3, 0.4) is 0 Å². The van der Waals surface area contributed by atoms with Crippen LogP contribution in [0.15, 0.2) is 0 Å². The third-order valence-electron chi connectivity index (χ3n) is 0.121. The van der Waals surface area contributed by atoms with Crippen LogP contribution in [0.4, 0.5) is 0 Å². The smallest absolute Gasteiger partial charge is 0.104 e. The molecular weight excluding hydrogens is 197 g/mol. The molecule has 0 bridgehead atoms. The van der Waals surface area contributed by atoms with Crippen LogP contribution < -0.4 is 5.73 Å². The summed E-state index contributed by atoms with van der Waals surface area (Å²) in [6.07, 6.45) is 0. The summed E-state index contributed by atoms with van der Waals surface area (Å²) in [4.78, 5) is 0.325. The second-order valence-electron chi connectivity index (χ2n) is 0.557. The molecule has 0 aromatic rings. The fraction of sp³-hybridized carbons (Fsp3) is 0.500. The van der Waals surface area contributed by atoms with E-state index >= 15 is 0 Å². The second kappa shape index (κ2) is 2.84. The van der Waals surface area contributed by atoms with Gasteiger partial charge in [0.1, 0.15) is 4.99 Å². The molecule has 1 radical (unpaired) electrons. The summed E-state index contributed by atoms with van der Waals surface area (Å²) in [7, 11) is 0. The first kappa shape index (κ1) is 5.62. The average molecular weight is 200 g/mol. The summed E-state index contributed by atoms with van der Waals surface area (Å²) >= 11 is 6.40. The summed E-state index contributed by atoms with van der Waals surface area (Å²) in [6.45, 7) is 0. The molecule has 1 N–H and O–H groups in total. The van der Waals surface area contributed by atoms with Gasteiger partial charge in [-0.3, -0.25) is 5.73 Å². The molecule has 0 aliphatic rings. The van der Waals surface area contributed by atoms with Crippen LogP contribution in [-0.2, 0) is 0 Å². The maximum atomic E-state index is 6.55. The Labute approximate surface area is 50.1 Å². The van der Waals surface area contributed by atoms with Crippen molar-refractivity contribution < 1.29 is 0 Å². The lowest BCUT2D eigenvalue weighted by Gasteiger charge is -1.73. The van der Waals surface area contributed by atoms with Crippen LogP contribution in [0.2, 0.25) is 0 Å². The van der Waals surface area contributed by atoms with Crippen molar-refractivity contribution in [1.82, 2.24) is 5.73 Å². The molecule has 5 heavy (non-hydrogen) atoms. The summed E-state index contributed by atoms with van der Waals surface area (Å²) in [5, 5.41) is 0. The third-order valence-corrected chi connectivity index (χ3v) is 1.55. The van der Waals surface area contributed by atoms with Crippen LogP contribution in [0.1, 0.15) is 0 Å². The second-order valence-corrected chi connectivity index (χ2v) is 1.81. The molecular formula is C2H3INS. The average Bonchev–Trinajstić information content (AvgIpc) is 1.38. The molecule has 3 heteroatoms. The summed E-state index contributed by atoms with van der Waals surface area (Å²) in [6, 6.07) is 0. The molecule has 0 saturated carbocycles. The van der Waals surface area contributed by atoms with Gasteiger partial charge in [-0.2, -0.15) is 0 Å². The molecule has 1 nitrogen and oxygen atoms in total. The third kappa shape index (κ3) is 4.62. The fourth-order valence-corrected chi connectivity index (χ4v) is 0. The van der Waals surface area contributed by atoms with Gasteiger partial charge in [0.15, 0.2) is 0 Å². The predicted octanol–water partition coefficient (Wildman–Crippen LogP) is 1.03. The van der Waals surface area contributed by atoms with Crippen LogP contribution >= 0.6 is 34.8 Å². The number of thiocarbonyl (C=S) groups is 1. The summed E-state index contributed by atoms with van der Waals surface area (Å²) < 4.78 is 0.674. The normalized spacial score (nSPS) is 7.40. The largest absolute Gasteiger partial charge is 0.293 e. The minimum Gasteiger partial charge on any atom is -0.293 e. The quantitative estimate of drug-likeness (QED) is 0.352. The number of alkyl halides is 1. The Morgan fingerprint density at radius 2 is 2.20 bits per heavy atom. The monoisotopic (exact) mass is 200 g/mol. The first-order valence-electron chi connectivity index (χ1n) is 1.07. The van der Waals surface area contributed by atoms with Gasteiger partial charge in [0.05, 0.1) is 4.43 Å². The first-order chi connectivity index (χ1) is 2.27. The Balaban J connectivity index is 2.85. The van der Waals surface area contributed by atoms with Crippen molar-refractivity contribution in [2.24, 2.45) is 0 Å². The Bertz CT molecular complexity index is 44.9. The van der Waals surface area contributed by atoms with Gasteiger partial charge in [-0.1, -0.05) is 34.8 Å². The predicted molar refractivity (Wildman–Crippen MR) is 34.6 cm³/mol. The molecule has 0 atom stereocenters. The SMILES string of the molecule is [NH]C(=S)CI. The summed E-state index contributed by atoms with van der Waals surface area (Å²) in [5.74, 6) is 0. The lowest BCUT2D eigenvalue weighted by molar-refractivity contribution is 1.69. The van der Waals surface area contributed by atoms with Gasteiger partial charge >= 0.3 is 0 Å². The molecule has 0 spiro atoms. The highest BCUT2D eigenvalue weighted by molar-refractivity contribution is 14.1. The van der Waals surface area contributed by atoms with E-state index in [1.165, 1.54) is 0 Å². The minimum atomic E-state index is 0.325. The van der Waals surface area contributed by atoms with E-state index < -0.39 is 0 Å². The molecule has 0 aliphatic heterocycles. The van der Waals surface area contributed by atoms with Crippen molar-refractivity contribution >= 4 is 39.8 Å². The van der Waals surface area contributed by atoms with Crippen LogP contribution in [0, 0.1) is 0 Å².